The number of benzene rings is 1. The minimum absolute atomic E-state index is 0.0133. The fraction of sp³-hybridized carbons (Fsp3) is 0.235. The first-order valence-electron chi connectivity index (χ1n) is 7.45. The van der Waals surface area contributed by atoms with Gasteiger partial charge in [-0.05, 0) is 36.8 Å². The molecule has 0 fully saturated rings. The molecule has 0 radical (unpaired) electrons. The number of anilines is 1. The van der Waals surface area contributed by atoms with E-state index in [-0.39, 0.29) is 30.3 Å². The molecule has 1 atom stereocenters. The van der Waals surface area contributed by atoms with Crippen LogP contribution in [0.5, 0.6) is 11.6 Å². The third-order valence-electron chi connectivity index (χ3n) is 3.69. The van der Waals surface area contributed by atoms with Crippen LogP contribution in [0.2, 0.25) is 0 Å². The van der Waals surface area contributed by atoms with Gasteiger partial charge in [0.1, 0.15) is 11.3 Å². The molecule has 7 nitrogen and oxygen atoms in total. The van der Waals surface area contributed by atoms with Crippen LogP contribution in [0, 0.1) is 0 Å². The van der Waals surface area contributed by atoms with Gasteiger partial charge in [0.15, 0.2) is 6.61 Å². The number of hydrogen-bond acceptors (Lipinski definition) is 5. The van der Waals surface area contributed by atoms with Crippen LogP contribution < -0.4 is 20.1 Å². The molecule has 1 aromatic heterocycles. The molecule has 3 rings (SSSR count). The summed E-state index contributed by atoms with van der Waals surface area (Å²) in [5.41, 5.74) is 1.81. The summed E-state index contributed by atoms with van der Waals surface area (Å²) in [5, 5.41) is 5.64. The number of nitrogens with one attached hydrogen (secondary N) is 2. The third-order valence-corrected chi connectivity index (χ3v) is 3.69. The molecule has 7 heteroatoms. The number of ether oxygens (including phenoxy) is 2. The van der Waals surface area contributed by atoms with Crippen LogP contribution in [0.1, 0.15) is 28.9 Å². The Morgan fingerprint density at radius 3 is 3.04 bits per heavy atom. The minimum atomic E-state index is -0.287. The topological polar surface area (TPSA) is 89.5 Å². The Morgan fingerprint density at radius 2 is 2.25 bits per heavy atom. The second-order valence-electron chi connectivity index (χ2n) is 5.35. The van der Waals surface area contributed by atoms with E-state index in [1.54, 1.807) is 30.5 Å². The van der Waals surface area contributed by atoms with Gasteiger partial charge in [-0.15, -0.1) is 0 Å². The molecule has 0 saturated heterocycles. The Kier molecular flexibility index (Phi) is 4.33. The third kappa shape index (κ3) is 3.15. The number of hydrogen-bond donors (Lipinski definition) is 2. The number of aromatic nitrogens is 1. The van der Waals surface area contributed by atoms with E-state index in [4.69, 9.17) is 9.47 Å². The smallest absolute Gasteiger partial charge is 0.262 e. The van der Waals surface area contributed by atoms with Crippen molar-refractivity contribution >= 4 is 17.5 Å². The van der Waals surface area contributed by atoms with Gasteiger partial charge in [-0.25, -0.2) is 4.98 Å². The molecule has 0 spiro atoms. The van der Waals surface area contributed by atoms with E-state index in [2.05, 4.69) is 15.6 Å². The Hall–Kier alpha value is -3.09. The van der Waals surface area contributed by atoms with Crippen molar-refractivity contribution in [3.8, 4) is 11.6 Å². The molecule has 2 amide bonds. The molecule has 1 aromatic carbocycles. The first-order chi connectivity index (χ1) is 11.6. The van der Waals surface area contributed by atoms with Crippen molar-refractivity contribution in [2.75, 3.05) is 19.0 Å². The maximum absolute atomic E-state index is 12.4. The maximum Gasteiger partial charge on any atom is 0.262 e. The summed E-state index contributed by atoms with van der Waals surface area (Å²) in [4.78, 5) is 27.9. The Labute approximate surface area is 139 Å². The van der Waals surface area contributed by atoms with Crippen LogP contribution in [-0.2, 0) is 4.79 Å². The van der Waals surface area contributed by atoms with Crippen LogP contribution in [0.15, 0.2) is 36.5 Å². The monoisotopic (exact) mass is 327 g/mol. The van der Waals surface area contributed by atoms with Gasteiger partial charge in [-0.1, -0.05) is 6.07 Å². The summed E-state index contributed by atoms with van der Waals surface area (Å²) in [6.07, 6.45) is 1.56. The fourth-order valence-electron chi connectivity index (χ4n) is 2.45. The molecule has 0 saturated carbocycles. The van der Waals surface area contributed by atoms with Crippen molar-refractivity contribution in [3.05, 3.63) is 47.7 Å². The molecule has 2 aromatic rings. The molecule has 2 heterocycles. The first-order valence-corrected chi connectivity index (χ1v) is 7.45. The lowest BCUT2D eigenvalue weighted by molar-refractivity contribution is -0.118. The number of carbonyl (C=O) groups is 2. The second-order valence-corrected chi connectivity index (χ2v) is 5.35. The molecule has 1 aliphatic rings. The van der Waals surface area contributed by atoms with Gasteiger partial charge < -0.3 is 20.1 Å². The molecule has 1 aliphatic heterocycles. The lowest BCUT2D eigenvalue weighted by Crippen LogP contribution is -2.28. The van der Waals surface area contributed by atoms with Crippen molar-refractivity contribution in [1.29, 1.82) is 0 Å². The average molecular weight is 327 g/mol. The molecule has 1 unspecified atom stereocenters. The summed E-state index contributed by atoms with van der Waals surface area (Å²) < 4.78 is 10.4. The Bertz CT molecular complexity index is 791. The van der Waals surface area contributed by atoms with Gasteiger partial charge in [0.2, 0.25) is 5.88 Å². The summed E-state index contributed by atoms with van der Waals surface area (Å²) in [5.74, 6) is 0.404. The van der Waals surface area contributed by atoms with E-state index in [9.17, 15) is 9.59 Å². The fourth-order valence-corrected chi connectivity index (χ4v) is 2.45. The predicted octanol–water partition coefficient (Wildman–Crippen LogP) is 1.91. The van der Waals surface area contributed by atoms with E-state index in [1.807, 2.05) is 13.0 Å². The highest BCUT2D eigenvalue weighted by atomic mass is 16.5. The first kappa shape index (κ1) is 15.8. The number of pyridine rings is 1. The van der Waals surface area contributed by atoms with Crippen molar-refractivity contribution < 1.29 is 19.1 Å². The number of rotatable bonds is 4. The summed E-state index contributed by atoms with van der Waals surface area (Å²) in [6.45, 7) is 1.87. The predicted molar refractivity (Wildman–Crippen MR) is 87.2 cm³/mol. The lowest BCUT2D eigenvalue weighted by atomic mass is 10.1. The van der Waals surface area contributed by atoms with Gasteiger partial charge >= 0.3 is 0 Å². The molecular formula is C17H17N3O4. The minimum Gasteiger partial charge on any atom is -0.482 e. The van der Waals surface area contributed by atoms with Crippen LogP contribution in [0.3, 0.4) is 0 Å². The van der Waals surface area contributed by atoms with Crippen LogP contribution in [0.4, 0.5) is 5.69 Å². The van der Waals surface area contributed by atoms with Crippen molar-refractivity contribution in [1.82, 2.24) is 10.3 Å². The summed E-state index contributed by atoms with van der Waals surface area (Å²) in [7, 11) is 1.47. The highest BCUT2D eigenvalue weighted by molar-refractivity contribution is 5.97. The molecule has 24 heavy (non-hydrogen) atoms. The zero-order valence-corrected chi connectivity index (χ0v) is 13.3. The normalized spacial score (nSPS) is 14.0. The SMILES string of the molecule is COc1ncccc1C(=O)NC(C)c1ccc2c(c1)NC(=O)CO2. The highest BCUT2D eigenvalue weighted by Crippen LogP contribution is 2.30. The molecule has 124 valence electrons. The number of methoxy groups -OCH3 is 1. The maximum atomic E-state index is 12.4. The number of nitrogens with zero attached hydrogens (tertiary/aromatic N) is 1. The standard InChI is InChI=1S/C17H17N3O4/c1-10(19-16(22)12-4-3-7-18-17(12)23-2)11-5-6-14-13(8-11)20-15(21)9-24-14/h3-8,10H,9H2,1-2H3,(H,19,22)(H,20,21). The van der Waals surface area contributed by atoms with E-state index < -0.39 is 0 Å². The zero-order chi connectivity index (χ0) is 17.1. The van der Waals surface area contributed by atoms with Gasteiger partial charge in [-0.2, -0.15) is 0 Å². The second kappa shape index (κ2) is 6.57. The largest absolute Gasteiger partial charge is 0.482 e. The van der Waals surface area contributed by atoms with Crippen molar-refractivity contribution in [2.24, 2.45) is 0 Å². The summed E-state index contributed by atoms with van der Waals surface area (Å²) in [6, 6.07) is 8.46. The van der Waals surface area contributed by atoms with E-state index in [0.29, 0.717) is 17.0 Å². The Morgan fingerprint density at radius 1 is 1.42 bits per heavy atom. The van der Waals surface area contributed by atoms with E-state index in [0.717, 1.165) is 5.56 Å². The molecule has 2 N–H and O–H groups in total. The lowest BCUT2D eigenvalue weighted by Gasteiger charge is -2.21. The van der Waals surface area contributed by atoms with Gasteiger partial charge in [0.25, 0.3) is 11.8 Å². The van der Waals surface area contributed by atoms with Gasteiger partial charge in [0, 0.05) is 6.20 Å². The highest BCUT2D eigenvalue weighted by Gasteiger charge is 2.19. The van der Waals surface area contributed by atoms with Crippen LogP contribution >= 0.6 is 0 Å². The van der Waals surface area contributed by atoms with E-state index >= 15 is 0 Å². The molecule has 0 bridgehead atoms. The number of carbonyl (C=O) groups excluding carboxylic acids is 2. The average Bonchev–Trinajstić information content (AvgIpc) is 2.60. The van der Waals surface area contributed by atoms with Crippen LogP contribution in [-0.4, -0.2) is 30.5 Å². The molecular weight excluding hydrogens is 310 g/mol. The number of amides is 2. The quantitative estimate of drug-likeness (QED) is 0.895. The van der Waals surface area contributed by atoms with E-state index in [1.165, 1.54) is 7.11 Å². The Balaban J connectivity index is 1.77. The van der Waals surface area contributed by atoms with Gasteiger partial charge in [-0.3, -0.25) is 9.59 Å². The van der Waals surface area contributed by atoms with Crippen molar-refractivity contribution in [2.45, 2.75) is 13.0 Å². The van der Waals surface area contributed by atoms with Crippen LogP contribution in [0.25, 0.3) is 0 Å². The van der Waals surface area contributed by atoms with Crippen molar-refractivity contribution in [3.63, 3.8) is 0 Å². The summed E-state index contributed by atoms with van der Waals surface area (Å²) >= 11 is 0. The zero-order valence-electron chi connectivity index (χ0n) is 13.3. The molecule has 0 aliphatic carbocycles. The van der Waals surface area contributed by atoms with Gasteiger partial charge in [0.05, 0.1) is 18.8 Å². The number of fused-ring (bicyclic) bond motifs is 1.